The maximum atomic E-state index is 11.6. The van der Waals surface area contributed by atoms with Gasteiger partial charge in [0.05, 0.1) is 0 Å². The zero-order valence-corrected chi connectivity index (χ0v) is 8.28. The highest BCUT2D eigenvalue weighted by Gasteiger charge is 2.50. The van der Waals surface area contributed by atoms with Crippen molar-refractivity contribution in [2.45, 2.75) is 12.0 Å². The van der Waals surface area contributed by atoms with Gasteiger partial charge in [-0.3, -0.25) is 4.79 Å². The molecule has 0 fully saturated rings. The van der Waals surface area contributed by atoms with Crippen molar-refractivity contribution >= 4 is 23.4 Å². The number of halogens is 1. The highest BCUT2D eigenvalue weighted by atomic mass is 35.5. The van der Waals surface area contributed by atoms with Crippen molar-refractivity contribution < 1.29 is 19.8 Å². The molecule has 0 amide bonds. The number of ketones is 1. The summed E-state index contributed by atoms with van der Waals surface area (Å²) in [5.41, 5.74) is -1.63. The average Bonchev–Trinajstić information content (AvgIpc) is 2.40. The molecule has 4 nitrogen and oxygen atoms in total. The summed E-state index contributed by atoms with van der Waals surface area (Å²) >= 11 is 5.70. The first kappa shape index (κ1) is 10.1. The predicted octanol–water partition coefficient (Wildman–Crippen LogP) is 0.895. The summed E-state index contributed by atoms with van der Waals surface area (Å²) in [6.07, 6.45) is -0.225. The van der Waals surface area contributed by atoms with Gasteiger partial charge in [-0.1, -0.05) is 11.6 Å². The molecule has 1 aromatic carbocycles. The van der Waals surface area contributed by atoms with Gasteiger partial charge in [-0.2, -0.15) is 0 Å². The van der Waals surface area contributed by atoms with Gasteiger partial charge < -0.3 is 10.2 Å². The zero-order valence-electron chi connectivity index (χ0n) is 7.53. The second-order valence-electron chi connectivity index (χ2n) is 3.47. The minimum absolute atomic E-state index is 0.225. The minimum Gasteiger partial charge on any atom is -0.479 e. The SMILES string of the molecule is O=C(O)[C@]1(O)Cc2cc(Cl)ccc2C1=O. The third-order valence-corrected chi connectivity index (χ3v) is 2.72. The van der Waals surface area contributed by atoms with E-state index < -0.39 is 17.4 Å². The molecule has 0 saturated heterocycles. The van der Waals surface area contributed by atoms with Crippen LogP contribution in [0, 0.1) is 0 Å². The van der Waals surface area contributed by atoms with Crippen LogP contribution >= 0.6 is 11.6 Å². The molecule has 78 valence electrons. The molecule has 0 bridgehead atoms. The van der Waals surface area contributed by atoms with Gasteiger partial charge in [0, 0.05) is 17.0 Å². The fraction of sp³-hybridized carbons (Fsp3) is 0.200. The number of Topliss-reactive ketones (excluding diaryl/α,β-unsaturated/α-hetero) is 1. The fourth-order valence-corrected chi connectivity index (χ4v) is 1.88. The first-order chi connectivity index (χ1) is 6.95. The molecule has 0 aliphatic heterocycles. The molecule has 0 aromatic heterocycles. The highest BCUT2D eigenvalue weighted by Crippen LogP contribution is 2.32. The van der Waals surface area contributed by atoms with Crippen molar-refractivity contribution in [3.63, 3.8) is 0 Å². The molecule has 0 radical (unpaired) electrons. The first-order valence-corrected chi connectivity index (χ1v) is 4.62. The van der Waals surface area contributed by atoms with E-state index in [-0.39, 0.29) is 12.0 Å². The number of hydrogen-bond donors (Lipinski definition) is 2. The lowest BCUT2D eigenvalue weighted by atomic mass is 10.00. The van der Waals surface area contributed by atoms with E-state index in [2.05, 4.69) is 0 Å². The van der Waals surface area contributed by atoms with E-state index >= 15 is 0 Å². The maximum Gasteiger partial charge on any atom is 0.344 e. The Morgan fingerprint density at radius 2 is 2.13 bits per heavy atom. The van der Waals surface area contributed by atoms with Crippen molar-refractivity contribution in [3.05, 3.63) is 34.3 Å². The predicted molar refractivity (Wildman–Crippen MR) is 52.1 cm³/mol. The summed E-state index contributed by atoms with van der Waals surface area (Å²) in [7, 11) is 0. The van der Waals surface area contributed by atoms with Crippen LogP contribution in [0.3, 0.4) is 0 Å². The van der Waals surface area contributed by atoms with Gasteiger partial charge in [0.1, 0.15) is 0 Å². The van der Waals surface area contributed by atoms with Crippen LogP contribution in [-0.4, -0.2) is 27.6 Å². The fourth-order valence-electron chi connectivity index (χ4n) is 1.68. The molecule has 2 rings (SSSR count). The molecule has 0 unspecified atom stereocenters. The number of carboxylic acids is 1. The van der Waals surface area contributed by atoms with Crippen LogP contribution in [0.5, 0.6) is 0 Å². The van der Waals surface area contributed by atoms with Crippen LogP contribution < -0.4 is 0 Å². The Morgan fingerprint density at radius 1 is 1.47 bits per heavy atom. The standard InChI is InChI=1S/C10H7ClO4/c11-6-1-2-7-5(3-6)4-10(15,8(7)12)9(13)14/h1-3,15H,4H2,(H,13,14)/t10-/m0/s1. The van der Waals surface area contributed by atoms with E-state index in [0.717, 1.165) is 0 Å². The zero-order chi connectivity index (χ0) is 11.2. The number of carboxylic acid groups (broad SMARTS) is 1. The topological polar surface area (TPSA) is 74.6 Å². The molecule has 5 heteroatoms. The lowest BCUT2D eigenvalue weighted by molar-refractivity contribution is -0.152. The molecule has 2 N–H and O–H groups in total. The van der Waals surface area contributed by atoms with E-state index in [4.69, 9.17) is 16.7 Å². The van der Waals surface area contributed by atoms with Gasteiger partial charge in [0.25, 0.3) is 0 Å². The molecular formula is C10H7ClO4. The molecular weight excluding hydrogens is 220 g/mol. The largest absolute Gasteiger partial charge is 0.479 e. The molecule has 15 heavy (non-hydrogen) atoms. The monoisotopic (exact) mass is 226 g/mol. The first-order valence-electron chi connectivity index (χ1n) is 4.24. The van der Waals surface area contributed by atoms with E-state index in [1.165, 1.54) is 18.2 Å². The van der Waals surface area contributed by atoms with E-state index in [0.29, 0.717) is 10.6 Å². The maximum absolute atomic E-state index is 11.6. The highest BCUT2D eigenvalue weighted by molar-refractivity contribution is 6.31. The summed E-state index contributed by atoms with van der Waals surface area (Å²) in [5, 5.41) is 18.9. The molecule has 0 saturated carbocycles. The Morgan fingerprint density at radius 3 is 2.73 bits per heavy atom. The molecule has 1 atom stereocenters. The lowest BCUT2D eigenvalue weighted by Gasteiger charge is -2.13. The van der Waals surface area contributed by atoms with Gasteiger partial charge in [0.15, 0.2) is 0 Å². The number of benzene rings is 1. The Bertz CT molecular complexity index is 468. The number of aliphatic hydroxyl groups is 1. The van der Waals surface area contributed by atoms with Crippen LogP contribution in [0.1, 0.15) is 15.9 Å². The van der Waals surface area contributed by atoms with E-state index in [1.807, 2.05) is 0 Å². The molecule has 1 aromatic rings. The van der Waals surface area contributed by atoms with Gasteiger partial charge in [-0.25, -0.2) is 4.79 Å². The quantitative estimate of drug-likeness (QED) is 0.698. The number of aliphatic carboxylic acids is 1. The molecule has 1 aliphatic carbocycles. The Kier molecular flexibility index (Phi) is 2.06. The van der Waals surface area contributed by atoms with E-state index in [9.17, 15) is 14.7 Å². The Hall–Kier alpha value is -1.39. The normalized spacial score (nSPS) is 24.0. The third-order valence-electron chi connectivity index (χ3n) is 2.49. The molecule has 0 heterocycles. The van der Waals surface area contributed by atoms with Crippen LogP contribution in [0.2, 0.25) is 5.02 Å². The number of carbonyl (C=O) groups is 2. The summed E-state index contributed by atoms with van der Waals surface area (Å²) in [6, 6.07) is 4.42. The Labute approximate surface area is 90.1 Å². The van der Waals surface area contributed by atoms with Crippen molar-refractivity contribution in [2.24, 2.45) is 0 Å². The Balaban J connectivity index is 2.55. The summed E-state index contributed by atoms with van der Waals surface area (Å²) in [6.45, 7) is 0. The number of carbonyl (C=O) groups excluding carboxylic acids is 1. The van der Waals surface area contributed by atoms with E-state index in [1.54, 1.807) is 0 Å². The second-order valence-corrected chi connectivity index (χ2v) is 3.91. The van der Waals surface area contributed by atoms with Crippen molar-refractivity contribution in [2.75, 3.05) is 0 Å². The number of hydrogen-bond acceptors (Lipinski definition) is 3. The van der Waals surface area contributed by atoms with Crippen LogP contribution in [0.4, 0.5) is 0 Å². The summed E-state index contributed by atoms with van der Waals surface area (Å²) in [4.78, 5) is 22.4. The summed E-state index contributed by atoms with van der Waals surface area (Å²) < 4.78 is 0. The van der Waals surface area contributed by atoms with Crippen LogP contribution in [0.15, 0.2) is 18.2 Å². The molecule has 0 spiro atoms. The van der Waals surface area contributed by atoms with Crippen molar-refractivity contribution in [1.82, 2.24) is 0 Å². The summed E-state index contributed by atoms with van der Waals surface area (Å²) in [5.74, 6) is -2.30. The average molecular weight is 227 g/mol. The van der Waals surface area contributed by atoms with Crippen LogP contribution in [-0.2, 0) is 11.2 Å². The smallest absolute Gasteiger partial charge is 0.344 e. The second kappa shape index (κ2) is 3.05. The molecule has 1 aliphatic rings. The van der Waals surface area contributed by atoms with Gasteiger partial charge >= 0.3 is 5.97 Å². The van der Waals surface area contributed by atoms with Gasteiger partial charge in [-0.05, 0) is 23.8 Å². The lowest BCUT2D eigenvalue weighted by Crippen LogP contribution is -2.44. The van der Waals surface area contributed by atoms with Crippen molar-refractivity contribution in [1.29, 1.82) is 0 Å². The van der Waals surface area contributed by atoms with Gasteiger partial charge in [-0.15, -0.1) is 0 Å². The minimum atomic E-state index is -2.33. The third kappa shape index (κ3) is 1.33. The van der Waals surface area contributed by atoms with Crippen molar-refractivity contribution in [3.8, 4) is 0 Å². The van der Waals surface area contributed by atoms with Crippen LogP contribution in [0.25, 0.3) is 0 Å². The number of fused-ring (bicyclic) bond motifs is 1. The number of rotatable bonds is 1. The van der Waals surface area contributed by atoms with Gasteiger partial charge in [0.2, 0.25) is 11.4 Å².